The van der Waals surface area contributed by atoms with Gasteiger partial charge in [-0.2, -0.15) is 0 Å². The van der Waals surface area contributed by atoms with E-state index in [1.54, 1.807) is 13.0 Å². The Morgan fingerprint density at radius 1 is 0.882 bits per heavy atom. The number of carbonyl (C=O) groups is 2. The lowest BCUT2D eigenvalue weighted by molar-refractivity contribution is -0.145. The van der Waals surface area contributed by atoms with E-state index in [0.717, 1.165) is 41.5 Å². The van der Waals surface area contributed by atoms with Crippen LogP contribution in [-0.2, 0) is 27.3 Å². The lowest BCUT2D eigenvalue weighted by Crippen LogP contribution is -2.22. The Balaban J connectivity index is 1.38. The van der Waals surface area contributed by atoms with E-state index in [1.807, 2.05) is 54.6 Å². The molecule has 0 aliphatic heterocycles. The number of benzene rings is 3. The molecular weight excluding hydrogens is 433 g/mol. The fourth-order valence-corrected chi connectivity index (χ4v) is 3.50. The van der Waals surface area contributed by atoms with Crippen molar-refractivity contribution in [3.05, 3.63) is 89.7 Å². The predicted molar refractivity (Wildman–Crippen MR) is 130 cm³/mol. The van der Waals surface area contributed by atoms with Gasteiger partial charge in [0.05, 0.1) is 6.61 Å². The summed E-state index contributed by atoms with van der Waals surface area (Å²) >= 11 is 0. The second-order valence-electron chi connectivity index (χ2n) is 7.93. The van der Waals surface area contributed by atoms with Crippen molar-refractivity contribution in [3.8, 4) is 16.9 Å². The molecule has 34 heavy (non-hydrogen) atoms. The maximum atomic E-state index is 13.2. The molecule has 3 aromatic carbocycles. The van der Waals surface area contributed by atoms with Gasteiger partial charge >= 0.3 is 5.97 Å². The summed E-state index contributed by atoms with van der Waals surface area (Å²) in [5.74, 6) is 0.00486. The van der Waals surface area contributed by atoms with Gasteiger partial charge in [0.2, 0.25) is 5.91 Å². The number of hydrogen-bond donors (Lipinski definition) is 1. The average Bonchev–Trinajstić information content (AvgIpc) is 2.85. The van der Waals surface area contributed by atoms with Gasteiger partial charge in [-0.3, -0.25) is 4.79 Å². The number of hydrogen-bond acceptors (Lipinski definition) is 4. The van der Waals surface area contributed by atoms with E-state index in [2.05, 4.69) is 5.32 Å². The van der Waals surface area contributed by atoms with Crippen LogP contribution in [0.2, 0.25) is 0 Å². The van der Waals surface area contributed by atoms with Crippen LogP contribution in [0.1, 0.15) is 37.3 Å². The monoisotopic (exact) mass is 463 g/mol. The van der Waals surface area contributed by atoms with Gasteiger partial charge in [-0.05, 0) is 72.7 Å². The zero-order valence-electron chi connectivity index (χ0n) is 19.4. The molecule has 0 atom stereocenters. The van der Waals surface area contributed by atoms with E-state index >= 15 is 0 Å². The van der Waals surface area contributed by atoms with E-state index < -0.39 is 5.97 Å². The Morgan fingerprint density at radius 3 is 2.26 bits per heavy atom. The first kappa shape index (κ1) is 25.0. The van der Waals surface area contributed by atoms with Crippen molar-refractivity contribution in [2.45, 2.75) is 39.2 Å². The molecule has 0 radical (unpaired) electrons. The van der Waals surface area contributed by atoms with Gasteiger partial charge in [-0.25, -0.2) is 9.18 Å². The normalized spacial score (nSPS) is 10.5. The highest BCUT2D eigenvalue weighted by atomic mass is 19.1. The van der Waals surface area contributed by atoms with Crippen LogP contribution in [0.5, 0.6) is 5.75 Å². The number of ether oxygens (including phenoxy) is 2. The SMILES string of the molecule is CCOC(=O)COc1ccc(-c2ccc(CNC(=O)CCCCc3cccc(F)c3)cc2)cc1. The Bertz CT molecular complexity index is 1060. The van der Waals surface area contributed by atoms with Crippen LogP contribution in [0.25, 0.3) is 11.1 Å². The first-order chi connectivity index (χ1) is 16.5. The van der Waals surface area contributed by atoms with Crippen molar-refractivity contribution in [1.82, 2.24) is 5.32 Å². The minimum atomic E-state index is -0.391. The predicted octanol–water partition coefficient (Wildman–Crippen LogP) is 5.46. The van der Waals surface area contributed by atoms with Crippen LogP contribution in [-0.4, -0.2) is 25.1 Å². The summed E-state index contributed by atoms with van der Waals surface area (Å²) < 4.78 is 23.5. The van der Waals surface area contributed by atoms with Crippen molar-refractivity contribution in [2.75, 3.05) is 13.2 Å². The molecular formula is C28H30FNO4. The topological polar surface area (TPSA) is 64.6 Å². The molecule has 0 bridgehead atoms. The molecule has 5 nitrogen and oxygen atoms in total. The highest BCUT2D eigenvalue weighted by molar-refractivity contribution is 5.75. The zero-order valence-corrected chi connectivity index (χ0v) is 19.4. The maximum Gasteiger partial charge on any atom is 0.344 e. The number of halogens is 1. The Morgan fingerprint density at radius 2 is 1.59 bits per heavy atom. The number of amides is 1. The van der Waals surface area contributed by atoms with Crippen molar-refractivity contribution in [3.63, 3.8) is 0 Å². The largest absolute Gasteiger partial charge is 0.482 e. The minimum absolute atomic E-state index is 0.0155. The van der Waals surface area contributed by atoms with E-state index in [0.29, 0.717) is 25.3 Å². The smallest absolute Gasteiger partial charge is 0.344 e. The second-order valence-corrected chi connectivity index (χ2v) is 7.93. The lowest BCUT2D eigenvalue weighted by Gasteiger charge is -2.09. The minimum Gasteiger partial charge on any atom is -0.482 e. The van der Waals surface area contributed by atoms with Crippen LogP contribution in [0.3, 0.4) is 0 Å². The molecule has 0 unspecified atom stereocenters. The molecule has 6 heteroatoms. The first-order valence-electron chi connectivity index (χ1n) is 11.5. The fraction of sp³-hybridized carbons (Fsp3) is 0.286. The summed E-state index contributed by atoms with van der Waals surface area (Å²) in [6.07, 6.45) is 2.84. The van der Waals surface area contributed by atoms with E-state index in [4.69, 9.17) is 9.47 Å². The van der Waals surface area contributed by atoms with Crippen LogP contribution < -0.4 is 10.1 Å². The van der Waals surface area contributed by atoms with E-state index in [9.17, 15) is 14.0 Å². The Labute approximate surface area is 199 Å². The molecule has 178 valence electrons. The van der Waals surface area contributed by atoms with Crippen molar-refractivity contribution < 1.29 is 23.5 Å². The van der Waals surface area contributed by atoms with Crippen molar-refractivity contribution >= 4 is 11.9 Å². The summed E-state index contributed by atoms with van der Waals surface area (Å²) in [6, 6.07) is 22.1. The summed E-state index contributed by atoms with van der Waals surface area (Å²) in [7, 11) is 0. The number of nitrogens with one attached hydrogen (secondary N) is 1. The Kier molecular flexibility index (Phi) is 9.65. The summed E-state index contributed by atoms with van der Waals surface area (Å²) in [5.41, 5.74) is 4.05. The summed E-state index contributed by atoms with van der Waals surface area (Å²) in [5, 5.41) is 2.95. The molecule has 3 rings (SSSR count). The molecule has 0 saturated heterocycles. The first-order valence-corrected chi connectivity index (χ1v) is 11.5. The van der Waals surface area contributed by atoms with Crippen LogP contribution in [0.15, 0.2) is 72.8 Å². The highest BCUT2D eigenvalue weighted by Gasteiger charge is 2.05. The van der Waals surface area contributed by atoms with Gasteiger partial charge < -0.3 is 14.8 Å². The summed E-state index contributed by atoms with van der Waals surface area (Å²) in [6.45, 7) is 2.45. The fourth-order valence-electron chi connectivity index (χ4n) is 3.50. The van der Waals surface area contributed by atoms with Crippen LogP contribution in [0, 0.1) is 5.82 Å². The Hall–Kier alpha value is -3.67. The third kappa shape index (κ3) is 8.35. The molecule has 3 aromatic rings. The molecule has 0 aliphatic rings. The third-order valence-corrected chi connectivity index (χ3v) is 5.30. The van der Waals surface area contributed by atoms with E-state index in [1.165, 1.54) is 12.1 Å². The standard InChI is InChI=1S/C28H30FNO4/c1-2-33-28(32)20-34-26-16-14-24(15-17-26)23-12-10-22(11-13-23)19-30-27(31)9-4-3-6-21-7-5-8-25(29)18-21/h5,7-8,10-18H,2-4,6,9,19-20H2,1H3,(H,30,31). The van der Waals surface area contributed by atoms with Crippen LogP contribution >= 0.6 is 0 Å². The van der Waals surface area contributed by atoms with Gasteiger partial charge in [0, 0.05) is 13.0 Å². The second kappa shape index (κ2) is 13.1. The number of rotatable bonds is 12. The van der Waals surface area contributed by atoms with Crippen LogP contribution in [0.4, 0.5) is 4.39 Å². The highest BCUT2D eigenvalue weighted by Crippen LogP contribution is 2.23. The third-order valence-electron chi connectivity index (χ3n) is 5.30. The van der Waals surface area contributed by atoms with Gasteiger partial charge in [-0.15, -0.1) is 0 Å². The maximum absolute atomic E-state index is 13.2. The van der Waals surface area contributed by atoms with Gasteiger partial charge in [0.15, 0.2) is 6.61 Å². The van der Waals surface area contributed by atoms with Crippen molar-refractivity contribution in [2.24, 2.45) is 0 Å². The van der Waals surface area contributed by atoms with Gasteiger partial charge in [-0.1, -0.05) is 48.5 Å². The number of esters is 1. The molecule has 1 amide bonds. The number of unbranched alkanes of at least 4 members (excludes halogenated alkanes) is 1. The van der Waals surface area contributed by atoms with E-state index in [-0.39, 0.29) is 18.3 Å². The quantitative estimate of drug-likeness (QED) is 0.286. The molecule has 0 aromatic heterocycles. The number of carbonyl (C=O) groups excluding carboxylic acids is 2. The van der Waals surface area contributed by atoms with Gasteiger partial charge in [0.1, 0.15) is 11.6 Å². The number of aryl methyl sites for hydroxylation is 1. The molecule has 0 aliphatic carbocycles. The lowest BCUT2D eigenvalue weighted by atomic mass is 10.0. The molecule has 0 heterocycles. The van der Waals surface area contributed by atoms with Gasteiger partial charge in [0.25, 0.3) is 0 Å². The average molecular weight is 464 g/mol. The zero-order chi connectivity index (χ0) is 24.2. The van der Waals surface area contributed by atoms with Crippen molar-refractivity contribution in [1.29, 1.82) is 0 Å². The summed E-state index contributed by atoms with van der Waals surface area (Å²) in [4.78, 5) is 23.5. The molecule has 0 spiro atoms. The molecule has 1 N–H and O–H groups in total. The molecule has 0 fully saturated rings. The molecule has 0 saturated carbocycles.